The maximum atomic E-state index is 12.0. The molecule has 0 aromatic heterocycles. The van der Waals surface area contributed by atoms with Gasteiger partial charge in [-0.2, -0.15) is 0 Å². The Labute approximate surface area is 155 Å². The molecule has 4 N–H and O–H groups in total. The van der Waals surface area contributed by atoms with Gasteiger partial charge < -0.3 is 20.4 Å². The fourth-order valence-corrected chi connectivity index (χ4v) is 4.66. The van der Waals surface area contributed by atoms with Crippen molar-refractivity contribution in [1.29, 1.82) is 0 Å². The number of hydrogen-bond donors (Lipinski definition) is 4. The highest BCUT2D eigenvalue weighted by molar-refractivity contribution is 6.66. The molecule has 0 unspecified atom stereocenters. The van der Waals surface area contributed by atoms with Gasteiger partial charge in [0, 0.05) is 11.8 Å². The molecular weight excluding hydrogens is 399 g/mol. The monoisotopic (exact) mass is 412 g/mol. The third-order valence-electron chi connectivity index (χ3n) is 5.16. The number of carbonyl (C=O) groups is 6. The summed E-state index contributed by atoms with van der Waals surface area (Å²) in [5, 5.41) is 34.2. The molecule has 1 saturated carbocycles. The van der Waals surface area contributed by atoms with Crippen LogP contribution in [-0.4, -0.2) is 54.8 Å². The number of carboxylic acids is 4. The van der Waals surface area contributed by atoms with Gasteiger partial charge in [0.2, 0.25) is 10.5 Å². The summed E-state index contributed by atoms with van der Waals surface area (Å²) in [5.74, 6) is -16.1. The normalized spacial score (nSPS) is 30.5. The van der Waals surface area contributed by atoms with Crippen molar-refractivity contribution < 1.29 is 49.2 Å². The molecule has 1 aliphatic carbocycles. The minimum Gasteiger partial charge on any atom is -0.481 e. The van der Waals surface area contributed by atoms with E-state index in [9.17, 15) is 49.2 Å². The smallest absolute Gasteiger partial charge is 0.318 e. The molecule has 144 valence electrons. The molecule has 0 aromatic carbocycles. The van der Waals surface area contributed by atoms with Crippen molar-refractivity contribution in [2.24, 2.45) is 34.5 Å². The number of halogens is 2. The fraction of sp³-hybridized carbons (Fsp3) is 0.571. The van der Waals surface area contributed by atoms with Gasteiger partial charge in [0.1, 0.15) is 0 Å². The molecule has 0 atom stereocenters. The van der Waals surface area contributed by atoms with E-state index in [4.69, 9.17) is 23.2 Å². The first-order chi connectivity index (χ1) is 11.7. The van der Waals surface area contributed by atoms with Crippen molar-refractivity contribution in [2.75, 3.05) is 0 Å². The average molecular weight is 413 g/mol. The summed E-state index contributed by atoms with van der Waals surface area (Å²) >= 11 is 11.0. The molecule has 1 rings (SSSR count). The number of carboxylic acid groups (broad SMARTS) is 4. The number of aliphatic carboxylic acids is 4. The van der Waals surface area contributed by atoms with Crippen LogP contribution in [0.25, 0.3) is 0 Å². The average Bonchev–Trinajstić information content (AvgIpc) is 2.46. The Kier molecular flexibility index (Phi) is 5.75. The van der Waals surface area contributed by atoms with Crippen LogP contribution in [0.5, 0.6) is 0 Å². The van der Waals surface area contributed by atoms with E-state index >= 15 is 0 Å². The summed E-state index contributed by atoms with van der Waals surface area (Å²) in [7, 11) is 0. The topological polar surface area (TPSA) is 183 Å². The van der Waals surface area contributed by atoms with Crippen LogP contribution in [0.3, 0.4) is 0 Å². The summed E-state index contributed by atoms with van der Waals surface area (Å²) in [6, 6.07) is 0. The lowest BCUT2D eigenvalue weighted by molar-refractivity contribution is -0.221. The van der Waals surface area contributed by atoms with Crippen molar-refractivity contribution in [3.63, 3.8) is 0 Å². The van der Waals surface area contributed by atoms with Crippen molar-refractivity contribution in [1.82, 2.24) is 0 Å². The zero-order valence-electron chi connectivity index (χ0n) is 13.3. The predicted molar refractivity (Wildman–Crippen MR) is 82.4 cm³/mol. The van der Waals surface area contributed by atoms with Gasteiger partial charge in [0.25, 0.3) is 0 Å². The second kappa shape index (κ2) is 6.84. The van der Waals surface area contributed by atoms with Crippen LogP contribution >= 0.6 is 23.2 Å². The third-order valence-corrected chi connectivity index (χ3v) is 5.98. The minimum absolute atomic E-state index is 0.928. The second-order valence-corrected chi connectivity index (χ2v) is 7.06. The Morgan fingerprint density at radius 2 is 0.846 bits per heavy atom. The van der Waals surface area contributed by atoms with Crippen LogP contribution in [0.1, 0.15) is 13.8 Å². The quantitative estimate of drug-likeness (QED) is 0.320. The van der Waals surface area contributed by atoms with E-state index in [1.165, 1.54) is 0 Å². The van der Waals surface area contributed by atoms with Gasteiger partial charge in [-0.25, -0.2) is 0 Å². The first kappa shape index (κ1) is 21.8. The molecule has 0 aliphatic heterocycles. The van der Waals surface area contributed by atoms with Gasteiger partial charge in [-0.3, -0.25) is 28.8 Å². The number of carbonyl (C=O) groups excluding carboxylic acids is 2. The van der Waals surface area contributed by atoms with Gasteiger partial charge in [-0.05, 0) is 23.2 Å². The molecule has 0 aromatic rings. The first-order valence-corrected chi connectivity index (χ1v) is 7.73. The molecular formula is C14H14Cl2O10. The summed E-state index contributed by atoms with van der Waals surface area (Å²) in [5.41, 5.74) is -4.52. The van der Waals surface area contributed by atoms with Crippen LogP contribution in [0.4, 0.5) is 0 Å². The molecule has 0 spiro atoms. The lowest BCUT2D eigenvalue weighted by atomic mass is 9.35. The molecule has 12 heteroatoms. The SMILES string of the molecule is CC1(C(=O)Cl)C(C(C(=O)O)C(=O)O)C(C)(C(=O)Cl)C1C(C(=O)O)C(=O)O. The molecule has 1 fully saturated rings. The van der Waals surface area contributed by atoms with Crippen molar-refractivity contribution >= 4 is 57.6 Å². The molecule has 0 heterocycles. The third kappa shape index (κ3) is 2.82. The predicted octanol–water partition coefficient (Wildman–Crippen LogP) is 0.347. The van der Waals surface area contributed by atoms with Crippen LogP contribution in [0, 0.1) is 34.5 Å². The lowest BCUT2D eigenvalue weighted by Crippen LogP contribution is -2.73. The van der Waals surface area contributed by atoms with E-state index in [0.29, 0.717) is 0 Å². The van der Waals surface area contributed by atoms with Gasteiger partial charge in [0.15, 0.2) is 11.8 Å². The Hall–Kier alpha value is -2.20. The molecule has 0 bridgehead atoms. The van der Waals surface area contributed by atoms with E-state index in [1.807, 2.05) is 0 Å². The first-order valence-electron chi connectivity index (χ1n) is 6.97. The van der Waals surface area contributed by atoms with E-state index < -0.39 is 68.9 Å². The van der Waals surface area contributed by atoms with Gasteiger partial charge in [0.05, 0.1) is 10.8 Å². The summed E-state index contributed by atoms with van der Waals surface area (Å²) in [4.78, 5) is 69.7. The van der Waals surface area contributed by atoms with Gasteiger partial charge >= 0.3 is 23.9 Å². The maximum absolute atomic E-state index is 12.0. The highest BCUT2D eigenvalue weighted by atomic mass is 35.5. The number of hydrogen-bond acceptors (Lipinski definition) is 6. The van der Waals surface area contributed by atoms with Crippen molar-refractivity contribution in [3.05, 3.63) is 0 Å². The van der Waals surface area contributed by atoms with Crippen LogP contribution in [0.2, 0.25) is 0 Å². The van der Waals surface area contributed by atoms with Crippen LogP contribution < -0.4 is 0 Å². The minimum atomic E-state index is -2.35. The van der Waals surface area contributed by atoms with E-state index in [2.05, 4.69) is 0 Å². The Balaban J connectivity index is 3.82. The van der Waals surface area contributed by atoms with E-state index in [-0.39, 0.29) is 0 Å². The van der Waals surface area contributed by atoms with E-state index in [0.717, 1.165) is 13.8 Å². The highest BCUT2D eigenvalue weighted by Crippen LogP contribution is 2.70. The number of rotatable bonds is 8. The second-order valence-electron chi connectivity index (χ2n) is 6.38. The Morgan fingerprint density at radius 3 is 0.962 bits per heavy atom. The standard InChI is InChI=1S/C14H14Cl2O10/c1-13(11(15)25)5(3(7(17)18)8(19)20)14(2,12(16)26)6(13)4(9(21)22)10(23)24/h3-6H,1-2H3,(H,17,18)(H,19,20)(H,21,22)(H,23,24). The van der Waals surface area contributed by atoms with Crippen LogP contribution in [0.15, 0.2) is 0 Å². The van der Waals surface area contributed by atoms with Crippen molar-refractivity contribution in [2.45, 2.75) is 13.8 Å². The fourth-order valence-electron chi connectivity index (χ4n) is 4.19. The van der Waals surface area contributed by atoms with Gasteiger partial charge in [-0.15, -0.1) is 0 Å². The molecule has 0 saturated heterocycles. The highest BCUT2D eigenvalue weighted by Gasteiger charge is 2.78. The van der Waals surface area contributed by atoms with Crippen molar-refractivity contribution in [3.8, 4) is 0 Å². The largest absolute Gasteiger partial charge is 0.481 e. The zero-order chi connectivity index (χ0) is 20.8. The molecule has 0 radical (unpaired) electrons. The van der Waals surface area contributed by atoms with Crippen LogP contribution in [-0.2, 0) is 28.8 Å². The lowest BCUT2D eigenvalue weighted by Gasteiger charge is -2.64. The Bertz CT molecular complexity index is 619. The molecule has 26 heavy (non-hydrogen) atoms. The summed E-state index contributed by atoms with van der Waals surface area (Å²) < 4.78 is 0. The van der Waals surface area contributed by atoms with E-state index in [1.54, 1.807) is 0 Å². The maximum Gasteiger partial charge on any atom is 0.318 e. The Morgan fingerprint density at radius 1 is 0.654 bits per heavy atom. The summed E-state index contributed by atoms with van der Waals surface area (Å²) in [6.07, 6.45) is 0. The molecule has 10 nitrogen and oxygen atoms in total. The molecule has 0 amide bonds. The summed E-state index contributed by atoms with van der Waals surface area (Å²) in [6.45, 7) is 1.86. The zero-order valence-corrected chi connectivity index (χ0v) is 14.8. The van der Waals surface area contributed by atoms with Gasteiger partial charge in [-0.1, -0.05) is 13.8 Å². The molecule has 1 aliphatic rings.